The van der Waals surface area contributed by atoms with E-state index in [0.29, 0.717) is 24.1 Å². The molecular weight excluding hydrogens is 350 g/mol. The van der Waals surface area contributed by atoms with Crippen molar-refractivity contribution in [3.8, 4) is 0 Å². The molecule has 146 valence electrons. The van der Waals surface area contributed by atoms with Gasteiger partial charge in [0.15, 0.2) is 5.13 Å². The van der Waals surface area contributed by atoms with Gasteiger partial charge < -0.3 is 15.1 Å². The fraction of sp³-hybridized carbons (Fsp3) is 0.722. The average Bonchev–Trinajstić information content (AvgIpc) is 3.22. The van der Waals surface area contributed by atoms with Crippen molar-refractivity contribution in [1.82, 2.24) is 20.1 Å². The summed E-state index contributed by atoms with van der Waals surface area (Å²) < 4.78 is 0. The molecule has 0 radical (unpaired) electrons. The van der Waals surface area contributed by atoms with Gasteiger partial charge in [-0.1, -0.05) is 27.7 Å². The van der Waals surface area contributed by atoms with Crippen molar-refractivity contribution in [2.75, 3.05) is 50.7 Å². The van der Waals surface area contributed by atoms with Crippen LogP contribution in [0.2, 0.25) is 0 Å². The molecule has 1 saturated heterocycles. The molecule has 0 unspecified atom stereocenters. The highest BCUT2D eigenvalue weighted by atomic mass is 32.1. The summed E-state index contributed by atoms with van der Waals surface area (Å²) in [5.74, 6) is 0.531. The molecule has 2 heterocycles. The number of thiazole rings is 1. The number of hydrogen-bond acceptors (Lipinski definition) is 5. The second-order valence-electron chi connectivity index (χ2n) is 6.94. The third-order valence-electron chi connectivity index (χ3n) is 4.48. The second-order valence-corrected chi connectivity index (χ2v) is 7.78. The van der Waals surface area contributed by atoms with E-state index in [-0.39, 0.29) is 18.4 Å². The maximum Gasteiger partial charge on any atom is 0.323 e. The van der Waals surface area contributed by atoms with Crippen LogP contribution in [0.15, 0.2) is 5.38 Å². The lowest BCUT2D eigenvalue weighted by Crippen LogP contribution is -2.41. The van der Waals surface area contributed by atoms with Gasteiger partial charge in [-0.3, -0.25) is 9.69 Å². The van der Waals surface area contributed by atoms with Gasteiger partial charge in [0, 0.05) is 38.1 Å². The second kappa shape index (κ2) is 9.87. The van der Waals surface area contributed by atoms with Crippen molar-refractivity contribution >= 4 is 28.4 Å². The molecule has 1 aliphatic heterocycles. The summed E-state index contributed by atoms with van der Waals surface area (Å²) in [6.45, 7) is 14.2. The summed E-state index contributed by atoms with van der Waals surface area (Å²) in [5.41, 5.74) is 0.742. The number of amides is 3. The van der Waals surface area contributed by atoms with Crippen LogP contribution in [0.5, 0.6) is 0 Å². The summed E-state index contributed by atoms with van der Waals surface area (Å²) >= 11 is 1.42. The summed E-state index contributed by atoms with van der Waals surface area (Å²) in [5, 5.41) is 5.32. The molecule has 0 aromatic carbocycles. The zero-order valence-electron chi connectivity index (χ0n) is 16.3. The van der Waals surface area contributed by atoms with E-state index < -0.39 is 0 Å². The van der Waals surface area contributed by atoms with E-state index in [1.54, 1.807) is 4.90 Å². The number of nitrogens with one attached hydrogen (secondary N) is 1. The smallest absolute Gasteiger partial charge is 0.323 e. The minimum Gasteiger partial charge on any atom is -0.341 e. The molecule has 1 fully saturated rings. The van der Waals surface area contributed by atoms with E-state index in [9.17, 15) is 9.59 Å². The van der Waals surface area contributed by atoms with E-state index in [0.717, 1.165) is 38.4 Å². The van der Waals surface area contributed by atoms with Crippen LogP contribution in [0.3, 0.4) is 0 Å². The average molecular weight is 382 g/mol. The zero-order chi connectivity index (χ0) is 19.1. The first kappa shape index (κ1) is 20.6. The Kier molecular flexibility index (Phi) is 7.84. The first-order valence-corrected chi connectivity index (χ1v) is 10.3. The van der Waals surface area contributed by atoms with E-state index in [4.69, 9.17) is 0 Å². The van der Waals surface area contributed by atoms with Crippen molar-refractivity contribution in [2.24, 2.45) is 5.92 Å². The Morgan fingerprint density at radius 1 is 1.35 bits per heavy atom. The lowest BCUT2D eigenvalue weighted by Gasteiger charge is -2.27. The van der Waals surface area contributed by atoms with Gasteiger partial charge in [-0.15, -0.1) is 11.3 Å². The lowest BCUT2D eigenvalue weighted by atomic mass is 10.2. The highest BCUT2D eigenvalue weighted by Gasteiger charge is 2.24. The molecule has 0 aliphatic carbocycles. The Hall–Kier alpha value is -1.67. The van der Waals surface area contributed by atoms with Crippen LogP contribution in [-0.2, 0) is 11.2 Å². The van der Waals surface area contributed by atoms with Gasteiger partial charge in [0.05, 0.1) is 12.1 Å². The van der Waals surface area contributed by atoms with Crippen LogP contribution in [-0.4, -0.2) is 72.5 Å². The predicted molar refractivity (Wildman–Crippen MR) is 106 cm³/mol. The fourth-order valence-electron chi connectivity index (χ4n) is 2.98. The van der Waals surface area contributed by atoms with Gasteiger partial charge in [-0.2, -0.15) is 0 Å². The van der Waals surface area contributed by atoms with Crippen LogP contribution in [0.1, 0.15) is 33.4 Å². The van der Waals surface area contributed by atoms with Crippen molar-refractivity contribution in [2.45, 2.75) is 34.1 Å². The quantitative estimate of drug-likeness (QED) is 0.673. The molecule has 1 aliphatic rings. The molecule has 8 heteroatoms. The van der Waals surface area contributed by atoms with Gasteiger partial charge in [0.2, 0.25) is 5.91 Å². The van der Waals surface area contributed by atoms with Crippen LogP contribution in [0.4, 0.5) is 9.93 Å². The van der Waals surface area contributed by atoms with Gasteiger partial charge in [0.1, 0.15) is 0 Å². The first-order chi connectivity index (χ1) is 12.4. The molecule has 1 aromatic heterocycles. The minimum absolute atomic E-state index is 0.105. The van der Waals surface area contributed by atoms with Crippen molar-refractivity contribution in [3.63, 3.8) is 0 Å². The zero-order valence-corrected chi connectivity index (χ0v) is 17.1. The molecule has 0 saturated carbocycles. The standard InChI is InChI=1S/C18H31N5O2S/c1-5-21(6-2)9-10-22(12-14(3)4)16(24)11-15-13-26-18(20-15)23-8-7-19-17(23)25/h13-14H,5-12H2,1-4H3,(H,19,25). The highest BCUT2D eigenvalue weighted by molar-refractivity contribution is 7.14. The monoisotopic (exact) mass is 381 g/mol. The number of aromatic nitrogens is 1. The maximum atomic E-state index is 12.8. The molecule has 0 spiro atoms. The Bertz CT molecular complexity index is 600. The number of nitrogens with zero attached hydrogens (tertiary/aromatic N) is 4. The van der Waals surface area contributed by atoms with E-state index >= 15 is 0 Å². The fourth-order valence-corrected chi connectivity index (χ4v) is 3.83. The molecule has 2 rings (SSSR count). The normalized spacial score (nSPS) is 14.4. The molecule has 3 amide bonds. The molecule has 0 atom stereocenters. The third kappa shape index (κ3) is 5.67. The van der Waals surface area contributed by atoms with E-state index in [2.05, 4.69) is 42.9 Å². The summed E-state index contributed by atoms with van der Waals surface area (Å²) in [6.07, 6.45) is 0.289. The van der Waals surface area contributed by atoms with Gasteiger partial charge in [0.25, 0.3) is 0 Å². The van der Waals surface area contributed by atoms with Crippen molar-refractivity contribution < 1.29 is 9.59 Å². The summed E-state index contributed by atoms with van der Waals surface area (Å²) in [6, 6.07) is -0.113. The van der Waals surface area contributed by atoms with E-state index in [1.807, 2.05) is 10.3 Å². The number of likely N-dealkylation sites (N-methyl/N-ethyl adjacent to an activating group) is 1. The molecule has 26 heavy (non-hydrogen) atoms. The van der Waals surface area contributed by atoms with Gasteiger partial charge in [-0.05, 0) is 19.0 Å². The molecule has 1 N–H and O–H groups in total. The number of urea groups is 1. The van der Waals surface area contributed by atoms with E-state index in [1.165, 1.54) is 11.3 Å². The minimum atomic E-state index is -0.113. The van der Waals surface area contributed by atoms with Crippen LogP contribution in [0.25, 0.3) is 0 Å². The van der Waals surface area contributed by atoms with Crippen LogP contribution >= 0.6 is 11.3 Å². The van der Waals surface area contributed by atoms with Gasteiger partial charge >= 0.3 is 6.03 Å². The molecule has 7 nitrogen and oxygen atoms in total. The predicted octanol–water partition coefficient (Wildman–Crippen LogP) is 2.04. The number of carbonyl (C=O) groups excluding carboxylic acids is 2. The largest absolute Gasteiger partial charge is 0.341 e. The SMILES string of the molecule is CCN(CC)CCN(CC(C)C)C(=O)Cc1csc(N2CCNC2=O)n1. The lowest BCUT2D eigenvalue weighted by molar-refractivity contribution is -0.131. The first-order valence-electron chi connectivity index (χ1n) is 9.44. The number of hydrogen-bond donors (Lipinski definition) is 1. The van der Waals surface area contributed by atoms with Gasteiger partial charge in [-0.25, -0.2) is 9.78 Å². The van der Waals surface area contributed by atoms with Crippen LogP contribution < -0.4 is 10.2 Å². The summed E-state index contributed by atoms with van der Waals surface area (Å²) in [7, 11) is 0. The number of rotatable bonds is 10. The number of carbonyl (C=O) groups is 2. The topological polar surface area (TPSA) is 68.8 Å². The van der Waals surface area contributed by atoms with Crippen molar-refractivity contribution in [3.05, 3.63) is 11.1 Å². The Labute approximate surface area is 160 Å². The highest BCUT2D eigenvalue weighted by Crippen LogP contribution is 2.22. The van der Waals surface area contributed by atoms with Crippen molar-refractivity contribution in [1.29, 1.82) is 0 Å². The molecule has 1 aromatic rings. The molecule has 0 bridgehead atoms. The Morgan fingerprint density at radius 3 is 2.65 bits per heavy atom. The summed E-state index contributed by atoms with van der Waals surface area (Å²) in [4.78, 5) is 35.0. The Balaban J connectivity index is 1.97. The molecular formula is C18H31N5O2S. The van der Waals surface area contributed by atoms with Crippen LogP contribution in [0, 0.1) is 5.92 Å². The Morgan fingerprint density at radius 2 is 2.08 bits per heavy atom. The number of anilines is 1. The third-order valence-corrected chi connectivity index (χ3v) is 5.39. The maximum absolute atomic E-state index is 12.8.